The summed E-state index contributed by atoms with van der Waals surface area (Å²) in [7, 11) is -5.52. The summed E-state index contributed by atoms with van der Waals surface area (Å²) in [6, 6.07) is 13.0. The van der Waals surface area contributed by atoms with Gasteiger partial charge in [-0.05, 0) is 43.3 Å². The van der Waals surface area contributed by atoms with E-state index in [-0.39, 0.29) is 37.0 Å². The van der Waals surface area contributed by atoms with Crippen molar-refractivity contribution in [3.8, 4) is 0 Å². The molecule has 0 aromatic heterocycles. The number of anilines is 1. The van der Waals surface area contributed by atoms with Crippen molar-refractivity contribution in [2.45, 2.75) is 11.8 Å². The van der Waals surface area contributed by atoms with Gasteiger partial charge in [0.2, 0.25) is 20.0 Å². The van der Waals surface area contributed by atoms with E-state index in [0.717, 1.165) is 16.1 Å². The zero-order chi connectivity index (χ0) is 22.1. The molecule has 30 heavy (non-hydrogen) atoms. The third-order valence-corrected chi connectivity index (χ3v) is 8.28. The molecule has 1 saturated heterocycles. The minimum Gasteiger partial charge on any atom is -0.336 e. The molecule has 10 heteroatoms. The van der Waals surface area contributed by atoms with E-state index >= 15 is 0 Å². The Hall–Kier alpha value is -2.43. The van der Waals surface area contributed by atoms with Crippen molar-refractivity contribution in [2.24, 2.45) is 0 Å². The Kier molecular flexibility index (Phi) is 6.21. The van der Waals surface area contributed by atoms with E-state index in [0.29, 0.717) is 11.3 Å². The van der Waals surface area contributed by atoms with E-state index < -0.39 is 20.0 Å². The van der Waals surface area contributed by atoms with Gasteiger partial charge in [-0.3, -0.25) is 9.10 Å². The summed E-state index contributed by atoms with van der Waals surface area (Å²) < 4.78 is 51.4. The first-order chi connectivity index (χ1) is 14.0. The summed E-state index contributed by atoms with van der Waals surface area (Å²) in [6.07, 6.45) is 1.11. The molecule has 0 atom stereocenters. The van der Waals surface area contributed by atoms with Crippen LogP contribution in [0.1, 0.15) is 15.9 Å². The van der Waals surface area contributed by atoms with Crippen LogP contribution in [0.2, 0.25) is 0 Å². The monoisotopic (exact) mass is 451 g/mol. The molecule has 0 aliphatic carbocycles. The predicted molar refractivity (Wildman–Crippen MR) is 116 cm³/mol. The summed E-state index contributed by atoms with van der Waals surface area (Å²) in [5, 5.41) is 0. The number of rotatable bonds is 5. The minimum absolute atomic E-state index is 0.212. The first kappa shape index (κ1) is 22.3. The Balaban J connectivity index is 1.66. The molecule has 2 aromatic carbocycles. The second-order valence-corrected chi connectivity index (χ2v) is 11.2. The molecular formula is C20H25N3O5S2. The van der Waals surface area contributed by atoms with Gasteiger partial charge in [0.25, 0.3) is 5.91 Å². The summed E-state index contributed by atoms with van der Waals surface area (Å²) in [6.45, 7) is 2.91. The second-order valence-electron chi connectivity index (χ2n) is 7.29. The molecule has 1 aliphatic heterocycles. The number of hydrogen-bond donors (Lipinski definition) is 0. The van der Waals surface area contributed by atoms with Crippen LogP contribution in [0, 0.1) is 6.92 Å². The number of piperazine rings is 1. The standard InChI is InChI=1S/C20H25N3O5S2/c1-16-4-10-19(11-5-16)30(27,28)23-14-12-22(13-15-23)20(24)17-6-8-18(9-7-17)21(2)29(3,25)26/h4-11H,12-15H2,1-3H3. The number of sulfonamides is 2. The van der Waals surface area contributed by atoms with Gasteiger partial charge in [0, 0.05) is 38.8 Å². The van der Waals surface area contributed by atoms with Gasteiger partial charge in [-0.25, -0.2) is 16.8 Å². The molecule has 2 aromatic rings. The van der Waals surface area contributed by atoms with Crippen molar-refractivity contribution in [1.82, 2.24) is 9.21 Å². The Bertz CT molecular complexity index is 1120. The highest BCUT2D eigenvalue weighted by molar-refractivity contribution is 7.92. The lowest BCUT2D eigenvalue weighted by Gasteiger charge is -2.34. The van der Waals surface area contributed by atoms with Gasteiger partial charge in [0.1, 0.15) is 0 Å². The van der Waals surface area contributed by atoms with Crippen LogP contribution in [0.4, 0.5) is 5.69 Å². The van der Waals surface area contributed by atoms with Crippen LogP contribution in [-0.2, 0) is 20.0 Å². The van der Waals surface area contributed by atoms with Crippen LogP contribution in [-0.4, -0.2) is 71.4 Å². The summed E-state index contributed by atoms with van der Waals surface area (Å²) in [5.74, 6) is -0.212. The van der Waals surface area contributed by atoms with Gasteiger partial charge in [0.05, 0.1) is 16.8 Å². The van der Waals surface area contributed by atoms with Gasteiger partial charge < -0.3 is 4.90 Å². The Morgan fingerprint density at radius 3 is 1.90 bits per heavy atom. The maximum Gasteiger partial charge on any atom is 0.253 e. The second kappa shape index (κ2) is 8.37. The minimum atomic E-state index is -3.59. The number of carbonyl (C=O) groups is 1. The molecule has 0 bridgehead atoms. The average molecular weight is 452 g/mol. The number of nitrogens with zero attached hydrogens (tertiary/aromatic N) is 3. The third-order valence-electron chi connectivity index (χ3n) is 5.16. The lowest BCUT2D eigenvalue weighted by molar-refractivity contribution is 0.0698. The first-order valence-electron chi connectivity index (χ1n) is 9.40. The third kappa shape index (κ3) is 4.66. The number of benzene rings is 2. The summed E-state index contributed by atoms with van der Waals surface area (Å²) in [5.41, 5.74) is 1.87. The van der Waals surface area contributed by atoms with Crippen molar-refractivity contribution in [1.29, 1.82) is 0 Å². The molecule has 0 saturated carbocycles. The highest BCUT2D eigenvalue weighted by atomic mass is 32.2. The van der Waals surface area contributed by atoms with Gasteiger partial charge in [-0.2, -0.15) is 4.31 Å². The number of hydrogen-bond acceptors (Lipinski definition) is 5. The van der Waals surface area contributed by atoms with Crippen LogP contribution >= 0.6 is 0 Å². The fraction of sp³-hybridized carbons (Fsp3) is 0.350. The highest BCUT2D eigenvalue weighted by Gasteiger charge is 2.30. The van der Waals surface area contributed by atoms with E-state index in [1.807, 2.05) is 6.92 Å². The van der Waals surface area contributed by atoms with E-state index in [1.165, 1.54) is 11.4 Å². The molecular weight excluding hydrogens is 426 g/mol. The molecule has 162 valence electrons. The van der Waals surface area contributed by atoms with Gasteiger partial charge in [0.15, 0.2) is 0 Å². The molecule has 8 nitrogen and oxygen atoms in total. The lowest BCUT2D eigenvalue weighted by Crippen LogP contribution is -2.50. The summed E-state index contributed by atoms with van der Waals surface area (Å²) in [4.78, 5) is 14.6. The topological polar surface area (TPSA) is 95.1 Å². The molecule has 1 aliphatic rings. The number of carbonyl (C=O) groups excluding carboxylic acids is 1. The zero-order valence-electron chi connectivity index (χ0n) is 17.1. The molecule has 1 fully saturated rings. The van der Waals surface area contributed by atoms with Crippen molar-refractivity contribution in [3.63, 3.8) is 0 Å². The van der Waals surface area contributed by atoms with Crippen LogP contribution < -0.4 is 4.31 Å². The van der Waals surface area contributed by atoms with Crippen molar-refractivity contribution in [3.05, 3.63) is 59.7 Å². The SMILES string of the molecule is Cc1ccc(S(=O)(=O)N2CCN(C(=O)c3ccc(N(C)S(C)(=O)=O)cc3)CC2)cc1. The predicted octanol–water partition coefficient (Wildman–Crippen LogP) is 1.54. The quantitative estimate of drug-likeness (QED) is 0.687. The Morgan fingerprint density at radius 2 is 1.40 bits per heavy atom. The average Bonchev–Trinajstić information content (AvgIpc) is 2.72. The van der Waals surface area contributed by atoms with Gasteiger partial charge >= 0.3 is 0 Å². The smallest absolute Gasteiger partial charge is 0.253 e. The number of aryl methyl sites for hydroxylation is 1. The molecule has 0 spiro atoms. The normalized spacial score (nSPS) is 15.8. The maximum absolute atomic E-state index is 12.8. The van der Waals surface area contributed by atoms with Crippen LogP contribution in [0.25, 0.3) is 0 Å². The molecule has 1 amide bonds. The molecule has 0 radical (unpaired) electrons. The van der Waals surface area contributed by atoms with E-state index in [2.05, 4.69) is 0 Å². The van der Waals surface area contributed by atoms with Crippen molar-refractivity contribution >= 4 is 31.6 Å². The van der Waals surface area contributed by atoms with E-state index in [4.69, 9.17) is 0 Å². The van der Waals surface area contributed by atoms with E-state index in [1.54, 1.807) is 53.4 Å². The fourth-order valence-corrected chi connectivity index (χ4v) is 5.11. The number of amides is 1. The summed E-state index contributed by atoms with van der Waals surface area (Å²) >= 11 is 0. The Morgan fingerprint density at radius 1 is 0.867 bits per heavy atom. The first-order valence-corrected chi connectivity index (χ1v) is 12.7. The van der Waals surface area contributed by atoms with Crippen LogP contribution in [0.15, 0.2) is 53.4 Å². The van der Waals surface area contributed by atoms with Crippen LogP contribution in [0.3, 0.4) is 0 Å². The van der Waals surface area contributed by atoms with Crippen molar-refractivity contribution in [2.75, 3.05) is 43.8 Å². The van der Waals surface area contributed by atoms with Crippen molar-refractivity contribution < 1.29 is 21.6 Å². The maximum atomic E-state index is 12.8. The molecule has 0 N–H and O–H groups in total. The Labute approximate surface area is 177 Å². The van der Waals surface area contributed by atoms with Crippen LogP contribution in [0.5, 0.6) is 0 Å². The molecule has 3 rings (SSSR count). The molecule has 0 unspecified atom stereocenters. The fourth-order valence-electron chi connectivity index (χ4n) is 3.18. The van der Waals surface area contributed by atoms with Gasteiger partial charge in [-0.15, -0.1) is 0 Å². The van der Waals surface area contributed by atoms with E-state index in [9.17, 15) is 21.6 Å². The lowest BCUT2D eigenvalue weighted by atomic mass is 10.1. The zero-order valence-corrected chi connectivity index (χ0v) is 18.8. The highest BCUT2D eigenvalue weighted by Crippen LogP contribution is 2.20. The van der Waals surface area contributed by atoms with Gasteiger partial charge in [-0.1, -0.05) is 17.7 Å². The largest absolute Gasteiger partial charge is 0.336 e. The molecule has 1 heterocycles.